The maximum atomic E-state index is 14.8. The number of carboxylic acids is 4. The van der Waals surface area contributed by atoms with E-state index in [9.17, 15) is 118 Å². The van der Waals surface area contributed by atoms with E-state index < -0.39 is 200 Å². The van der Waals surface area contributed by atoms with Gasteiger partial charge in [0.25, 0.3) is 10.9 Å². The van der Waals surface area contributed by atoms with Crippen LogP contribution in [-0.4, -0.2) is 311 Å². The summed E-state index contributed by atoms with van der Waals surface area (Å²) in [6.45, 7) is 2.98. The van der Waals surface area contributed by atoms with Gasteiger partial charge in [-0.05, 0) is 138 Å². The number of unbranched alkanes of at least 4 members (excludes halogenated alkanes) is 2. The van der Waals surface area contributed by atoms with E-state index >= 15 is 0 Å². The third-order valence-electron chi connectivity index (χ3n) is 21.3. The van der Waals surface area contributed by atoms with E-state index in [1.54, 1.807) is 70.2 Å². The first kappa shape index (κ1) is 101. The molecule has 1 aromatic heterocycles. The average Bonchev–Trinajstić information content (AvgIpc) is 0.882. The van der Waals surface area contributed by atoms with E-state index in [0.29, 0.717) is 49.7 Å². The molecule has 5 rings (SSSR count). The van der Waals surface area contributed by atoms with Crippen LogP contribution in [-0.2, 0) is 83.5 Å². The van der Waals surface area contributed by atoms with Gasteiger partial charge in [-0.2, -0.15) is 0 Å². The summed E-state index contributed by atoms with van der Waals surface area (Å²) in [6.07, 6.45) is -3.12. The molecule has 1 fully saturated rings. The Balaban J connectivity index is 1.43. The molecule has 120 heavy (non-hydrogen) atoms. The van der Waals surface area contributed by atoms with E-state index in [1.807, 2.05) is 0 Å². The highest BCUT2D eigenvalue weighted by Gasteiger charge is 2.42. The highest BCUT2D eigenvalue weighted by Crippen LogP contribution is 2.26. The summed E-state index contributed by atoms with van der Waals surface area (Å²) in [5, 5.41) is 125. The van der Waals surface area contributed by atoms with Crippen LogP contribution < -0.4 is 70.2 Å². The molecule has 3 heterocycles. The Morgan fingerprint density at radius 2 is 0.992 bits per heavy atom. The maximum Gasteiger partial charge on any atom is 0.326 e. The molecule has 13 atom stereocenters. The van der Waals surface area contributed by atoms with Crippen LogP contribution in [0.3, 0.4) is 0 Å². The van der Waals surface area contributed by atoms with E-state index in [2.05, 4.69) is 47.9 Å². The van der Waals surface area contributed by atoms with Crippen molar-refractivity contribution in [3.8, 4) is 0 Å². The molecular weight excluding hydrogens is 1570 g/mol. The molecular formula is C80H126N16O24. The van der Waals surface area contributed by atoms with Crippen LogP contribution in [0.25, 0.3) is 0 Å². The number of carbonyl (C=O) groups excluding carboxylic acids is 8. The summed E-state index contributed by atoms with van der Waals surface area (Å²) in [4.78, 5) is 202. The van der Waals surface area contributed by atoms with Crippen molar-refractivity contribution in [1.29, 1.82) is 0 Å². The van der Waals surface area contributed by atoms with Gasteiger partial charge >= 0.3 is 23.9 Å². The topological polar surface area (TPSA) is 627 Å². The number of nitrogens with one attached hydrogen (secondary N) is 9. The third kappa shape index (κ3) is 33.3. The first-order valence-electron chi connectivity index (χ1n) is 41.3. The first-order chi connectivity index (χ1) is 57.2. The molecule has 3 aromatic rings. The van der Waals surface area contributed by atoms with E-state index in [4.69, 9.17) is 16.5 Å². The molecule has 2 bridgehead atoms. The number of amides is 8. The lowest BCUT2D eigenvalue weighted by Crippen LogP contribution is -2.60. The molecule has 0 spiro atoms. The van der Waals surface area contributed by atoms with Crippen LogP contribution in [0.4, 0.5) is 11.4 Å². The van der Waals surface area contributed by atoms with Gasteiger partial charge in [-0.1, -0.05) is 64.4 Å². The SMILES string of the molecule is CC[C@H](C)[C@H](NC(=O)[C@H](CC(C)C)Nc1c(NCCCc2cc3nc(c2)CN(C(CCC(=O)NCC(O)CO)C(=O)O)CCN(C(CCC(=O)NCC(O)CO)C(=O)O)CCN(C(CCC(=O)NCC(O)CO)C(=O)O)C3)c(=O)c1=O)C(=O)N[C@@H](CCCCN)C(=O)N[C@@H](CCCCN)C(=O)N1CCC[C@H]1C(=O)N[C@@H](Cc1ccccc1)C(=O)O. The number of fused-ring (bicyclic) bond motifs is 2. The summed E-state index contributed by atoms with van der Waals surface area (Å²) in [5.74, 6) is -11.9. The lowest BCUT2D eigenvalue weighted by atomic mass is 9.95. The van der Waals surface area contributed by atoms with Crippen molar-refractivity contribution in [2.24, 2.45) is 23.3 Å². The standard InChI is InChI=1S/C80H126N16O24/c1-5-48(4)67(75(111)89-56(18-9-11-27-81)72(108)90-57(19-10-12-28-82)76(112)96-30-14-20-60(96)74(110)91-59(77(113)114)38-49-15-7-6-8-16-49)92-73(109)58(35-47(2)3)88-69-68(70(106)71(69)107)83-29-13-17-50-36-51-42-94(62(79(117)118)22-25-65(104)85-40-54(101)45-98)33-31-93(61(78(115)116)21-24-64(103)84-39-53(100)44-97)32-34-95(43-52(37-50)87-51)63(80(119)120)23-26-66(105)86-41-55(102)46-99/h6-8,15-16,36-37,47-48,53-63,67,83,88,97-102H,5,9-14,17-35,38-46,81-82H2,1-4H3,(H,84,103)(H,85,104)(H,86,105)(H,89,111)(H,90,108)(H,91,110)(H,92,109)(H,113,114)(H,115,116)(H,117,118)(H,119,120)/t48-,53?,54?,55?,56-,57-,58-,59-,60-,61?,62?,63?,67-/m0/s1. The molecule has 6 unspecified atom stereocenters. The molecule has 2 aliphatic rings. The van der Waals surface area contributed by atoms with Crippen molar-refractivity contribution in [2.45, 2.75) is 235 Å². The number of nitrogens with two attached hydrogens (primary N) is 2. The van der Waals surface area contributed by atoms with Crippen molar-refractivity contribution >= 4 is 82.5 Å². The number of hydrogen-bond acceptors (Lipinski definition) is 28. The Labute approximate surface area is 696 Å². The Bertz CT molecular complexity index is 3810. The summed E-state index contributed by atoms with van der Waals surface area (Å²) < 4.78 is 0. The Morgan fingerprint density at radius 3 is 1.46 bits per heavy atom. The molecule has 0 radical (unpaired) electrons. The minimum atomic E-state index is -1.50. The van der Waals surface area contributed by atoms with E-state index in [0.717, 1.165) is 0 Å². The predicted molar refractivity (Wildman–Crippen MR) is 437 cm³/mol. The molecule has 2 aliphatic heterocycles. The van der Waals surface area contributed by atoms with Gasteiger partial charge < -0.3 is 115 Å². The molecule has 2 aromatic carbocycles. The number of pyridine rings is 1. The van der Waals surface area contributed by atoms with Crippen LogP contribution in [0.2, 0.25) is 0 Å². The smallest absolute Gasteiger partial charge is 0.326 e. The van der Waals surface area contributed by atoms with Crippen LogP contribution in [0, 0.1) is 11.8 Å². The minimum absolute atomic E-state index is 0.00495. The van der Waals surface area contributed by atoms with E-state index in [-0.39, 0.29) is 178 Å². The van der Waals surface area contributed by atoms with Crippen LogP contribution in [0.15, 0.2) is 52.1 Å². The number of hydrogen-bond donors (Lipinski definition) is 21. The zero-order valence-corrected chi connectivity index (χ0v) is 69.0. The monoisotopic (exact) mass is 1690 g/mol. The third-order valence-corrected chi connectivity index (χ3v) is 21.3. The molecule has 0 aliphatic carbocycles. The number of rotatable bonds is 55. The normalized spacial score (nSPS) is 17.3. The van der Waals surface area contributed by atoms with Gasteiger partial charge in [0.15, 0.2) is 0 Å². The number of carbonyl (C=O) groups is 12. The van der Waals surface area contributed by atoms with Crippen molar-refractivity contribution in [3.63, 3.8) is 0 Å². The Morgan fingerprint density at radius 1 is 0.525 bits per heavy atom. The molecule has 1 saturated heterocycles. The second kappa shape index (κ2) is 52.4. The van der Waals surface area contributed by atoms with E-state index in [1.165, 1.54) is 19.6 Å². The van der Waals surface area contributed by atoms with Crippen LogP contribution in [0.1, 0.15) is 159 Å². The van der Waals surface area contributed by atoms with Gasteiger partial charge in [-0.3, -0.25) is 82.0 Å². The molecule has 23 N–H and O–H groups in total. The average molecular weight is 1700 g/mol. The fourth-order valence-corrected chi connectivity index (χ4v) is 14.3. The fourth-order valence-electron chi connectivity index (χ4n) is 14.3. The second-order valence-electron chi connectivity index (χ2n) is 31.1. The lowest BCUT2D eigenvalue weighted by Gasteiger charge is -2.37. The zero-order valence-electron chi connectivity index (χ0n) is 69.0. The van der Waals surface area contributed by atoms with Gasteiger partial charge in [-0.15, -0.1) is 0 Å². The van der Waals surface area contributed by atoms with Crippen molar-refractivity contribution in [3.05, 3.63) is 85.4 Å². The van der Waals surface area contributed by atoms with Crippen molar-refractivity contribution < 1.29 is 109 Å². The van der Waals surface area contributed by atoms with Crippen molar-refractivity contribution in [1.82, 2.24) is 61.8 Å². The quantitative estimate of drug-likeness (QED) is 0.0190. The number of likely N-dealkylation sites (tertiary alicyclic amines) is 1. The number of aliphatic carboxylic acids is 4. The Hall–Kier alpha value is -9.75. The minimum Gasteiger partial charge on any atom is -0.480 e. The maximum absolute atomic E-state index is 14.8. The van der Waals surface area contributed by atoms with Gasteiger partial charge in [0.2, 0.25) is 47.3 Å². The van der Waals surface area contributed by atoms with Crippen LogP contribution in [0.5, 0.6) is 0 Å². The molecule has 8 amide bonds. The fraction of sp³-hybridized carbons (Fsp3) is 0.662. The molecule has 0 saturated carbocycles. The summed E-state index contributed by atoms with van der Waals surface area (Å²) in [7, 11) is 0. The number of anilines is 2. The number of carboxylic acid groups (broad SMARTS) is 4. The number of aliphatic hydroxyl groups is 6. The number of benzene rings is 1. The largest absolute Gasteiger partial charge is 0.480 e. The number of aliphatic hydroxyl groups excluding tert-OH is 6. The summed E-state index contributed by atoms with van der Waals surface area (Å²) >= 11 is 0. The molecule has 40 nitrogen and oxygen atoms in total. The lowest BCUT2D eigenvalue weighted by molar-refractivity contribution is -0.147. The van der Waals surface area contributed by atoms with Crippen LogP contribution >= 0.6 is 0 Å². The number of aromatic nitrogens is 1. The zero-order chi connectivity index (χ0) is 88.7. The van der Waals surface area contributed by atoms with Gasteiger partial charge in [0, 0.05) is 97.7 Å². The van der Waals surface area contributed by atoms with Gasteiger partial charge in [-0.25, -0.2) is 4.79 Å². The molecule has 670 valence electrons. The number of aryl methyl sites for hydroxylation is 1. The summed E-state index contributed by atoms with van der Waals surface area (Å²) in [6, 6.07) is 0.101. The van der Waals surface area contributed by atoms with Crippen molar-refractivity contribution in [2.75, 3.05) is 102 Å². The highest BCUT2D eigenvalue weighted by molar-refractivity contribution is 5.97. The second-order valence-corrected chi connectivity index (χ2v) is 31.1. The Kier molecular flexibility index (Phi) is 44.1. The molecule has 40 heteroatoms. The van der Waals surface area contributed by atoms with Gasteiger partial charge in [0.05, 0.1) is 49.5 Å². The predicted octanol–water partition coefficient (Wildman–Crippen LogP) is -3.86. The summed E-state index contributed by atoms with van der Waals surface area (Å²) in [5.41, 5.74) is 11.1. The number of nitrogens with zero attached hydrogens (tertiary/aromatic N) is 5. The first-order valence-corrected chi connectivity index (χ1v) is 41.3. The van der Waals surface area contributed by atoms with Gasteiger partial charge in [0.1, 0.15) is 65.8 Å². The highest BCUT2D eigenvalue weighted by atomic mass is 16.4.